The second-order valence-corrected chi connectivity index (χ2v) is 10.4. The summed E-state index contributed by atoms with van der Waals surface area (Å²) in [5, 5.41) is 8.11. The number of nitrogens with zero attached hydrogens (tertiary/aromatic N) is 4. The van der Waals surface area contributed by atoms with Crippen molar-refractivity contribution in [3.05, 3.63) is 126 Å². The quantitative estimate of drug-likeness (QED) is 0.175. The largest absolute Gasteiger partial charge is 0.373 e. The molecule has 0 aliphatic carbocycles. The van der Waals surface area contributed by atoms with Crippen molar-refractivity contribution in [1.29, 1.82) is 0 Å². The molecule has 1 N–H and O–H groups in total. The lowest BCUT2D eigenvalue weighted by molar-refractivity contribution is 1.07. The van der Waals surface area contributed by atoms with Crippen molar-refractivity contribution in [1.82, 2.24) is 14.5 Å². The molecule has 0 spiro atoms. The van der Waals surface area contributed by atoms with Crippen LogP contribution in [0.25, 0.3) is 49.3 Å². The van der Waals surface area contributed by atoms with Crippen LogP contribution >= 0.6 is 0 Å². The van der Waals surface area contributed by atoms with Crippen molar-refractivity contribution in [2.45, 2.75) is 20.3 Å². The maximum Gasteiger partial charge on any atom is 0.232 e. The van der Waals surface area contributed by atoms with Gasteiger partial charge in [-0.1, -0.05) is 97.9 Å². The summed E-state index contributed by atoms with van der Waals surface area (Å²) in [6.07, 6.45) is 1.01. The van der Waals surface area contributed by atoms with Crippen LogP contribution in [0.2, 0.25) is 0 Å². The van der Waals surface area contributed by atoms with Crippen molar-refractivity contribution in [2.24, 2.45) is 9.98 Å². The Bertz CT molecular complexity index is 2130. The average Bonchev–Trinajstić information content (AvgIpc) is 3.57. The standard InChI is InChI=1S/C37H33N5/c1-4-25-19-21-27(22-20-25)41-32-17-11-9-15-28(32)30-23-24-31-29-16-10-12-18-33(29)42(35(31)34(30)41)37(39-5-2)40-36(38-3)26-13-7-6-8-14-26/h6-24H,4-5H2,1-3H3,(H,38,39,40). The van der Waals surface area contributed by atoms with E-state index < -0.39 is 0 Å². The zero-order valence-corrected chi connectivity index (χ0v) is 24.2. The minimum absolute atomic E-state index is 0.607. The van der Waals surface area contributed by atoms with Crippen LogP contribution in [0.15, 0.2) is 125 Å². The fourth-order valence-electron chi connectivity index (χ4n) is 6.12. The number of benzene rings is 5. The third-order valence-electron chi connectivity index (χ3n) is 8.07. The molecule has 0 aliphatic rings. The summed E-state index contributed by atoms with van der Waals surface area (Å²) in [6, 6.07) is 41.0. The maximum absolute atomic E-state index is 5.19. The lowest BCUT2D eigenvalue weighted by Gasteiger charge is -2.14. The van der Waals surface area contributed by atoms with Crippen molar-refractivity contribution in [2.75, 3.05) is 13.6 Å². The highest BCUT2D eigenvalue weighted by atomic mass is 15.2. The molecule has 7 rings (SSSR count). The Balaban J connectivity index is 1.65. The zero-order chi connectivity index (χ0) is 28.6. The highest BCUT2D eigenvalue weighted by Gasteiger charge is 2.22. The third-order valence-corrected chi connectivity index (χ3v) is 8.07. The molecule has 7 aromatic rings. The fraction of sp³-hybridized carbons (Fsp3) is 0.135. The maximum atomic E-state index is 5.19. The molecular formula is C37H33N5. The third kappa shape index (κ3) is 4.08. The van der Waals surface area contributed by atoms with Gasteiger partial charge in [0.05, 0.1) is 22.1 Å². The predicted molar refractivity (Wildman–Crippen MR) is 179 cm³/mol. The Labute approximate surface area is 245 Å². The van der Waals surface area contributed by atoms with Crippen LogP contribution in [0.3, 0.4) is 0 Å². The molecular weight excluding hydrogens is 514 g/mol. The van der Waals surface area contributed by atoms with Gasteiger partial charge >= 0.3 is 0 Å². The molecule has 0 aliphatic heterocycles. The Morgan fingerprint density at radius 3 is 1.93 bits per heavy atom. The summed E-state index contributed by atoms with van der Waals surface area (Å²) in [7, 11) is 1.91. The molecule has 0 saturated carbocycles. The smallest absolute Gasteiger partial charge is 0.232 e. The molecule has 42 heavy (non-hydrogen) atoms. The number of amidine groups is 1. The van der Waals surface area contributed by atoms with E-state index in [4.69, 9.17) is 9.98 Å². The van der Waals surface area contributed by atoms with Gasteiger partial charge in [-0.3, -0.25) is 9.56 Å². The van der Waals surface area contributed by atoms with Crippen molar-refractivity contribution >= 4 is 55.4 Å². The van der Waals surface area contributed by atoms with E-state index in [1.165, 1.54) is 32.6 Å². The number of para-hydroxylation sites is 2. The molecule has 5 nitrogen and oxygen atoms in total. The Kier molecular flexibility index (Phi) is 6.55. The highest BCUT2D eigenvalue weighted by Crippen LogP contribution is 2.40. The molecule has 0 radical (unpaired) electrons. The van der Waals surface area contributed by atoms with E-state index in [0.29, 0.717) is 12.5 Å². The van der Waals surface area contributed by atoms with E-state index in [0.717, 1.165) is 40.1 Å². The Morgan fingerprint density at radius 2 is 1.26 bits per heavy atom. The molecule has 0 bridgehead atoms. The Morgan fingerprint density at radius 1 is 0.643 bits per heavy atom. The lowest BCUT2D eigenvalue weighted by atomic mass is 10.1. The van der Waals surface area contributed by atoms with Crippen LogP contribution in [0.1, 0.15) is 25.0 Å². The second kappa shape index (κ2) is 10.7. The highest BCUT2D eigenvalue weighted by molar-refractivity contribution is 6.26. The van der Waals surface area contributed by atoms with E-state index >= 15 is 0 Å². The first-order chi connectivity index (χ1) is 20.7. The van der Waals surface area contributed by atoms with E-state index in [9.17, 15) is 0 Å². The fourth-order valence-corrected chi connectivity index (χ4v) is 6.12. The number of rotatable bonds is 4. The molecule has 2 heterocycles. The SMILES string of the molecule is CCN=C(N=C(NC)c1ccccc1)n1c2ccccc2c2ccc3c4ccccc4n(-c4ccc(CC)cc4)c3c21. The molecule has 0 fully saturated rings. The summed E-state index contributed by atoms with van der Waals surface area (Å²) < 4.78 is 4.66. The van der Waals surface area contributed by atoms with Gasteiger partial charge in [-0.15, -0.1) is 0 Å². The van der Waals surface area contributed by atoms with Gasteiger partial charge in [0.25, 0.3) is 0 Å². The summed E-state index contributed by atoms with van der Waals surface area (Å²) in [4.78, 5) is 10.2. The van der Waals surface area contributed by atoms with Crippen molar-refractivity contribution < 1.29 is 0 Å². The number of nitrogens with one attached hydrogen (secondary N) is 1. The second-order valence-electron chi connectivity index (χ2n) is 10.4. The van der Waals surface area contributed by atoms with Crippen LogP contribution in [0.4, 0.5) is 0 Å². The van der Waals surface area contributed by atoms with Crippen LogP contribution in [0, 0.1) is 0 Å². The molecule has 0 atom stereocenters. The number of hydrogen-bond acceptors (Lipinski definition) is 1. The van der Waals surface area contributed by atoms with Gasteiger partial charge in [-0.25, -0.2) is 0 Å². The average molecular weight is 548 g/mol. The Hall–Kier alpha value is -5.16. The number of aryl methyl sites for hydroxylation is 1. The summed E-state index contributed by atoms with van der Waals surface area (Å²) in [6.45, 7) is 4.87. The van der Waals surface area contributed by atoms with Crippen LogP contribution < -0.4 is 5.32 Å². The van der Waals surface area contributed by atoms with Crippen LogP contribution in [0.5, 0.6) is 0 Å². The summed E-state index contributed by atoms with van der Waals surface area (Å²) in [5.41, 5.74) is 7.99. The van der Waals surface area contributed by atoms with E-state index in [1.54, 1.807) is 0 Å². The van der Waals surface area contributed by atoms with E-state index in [2.05, 4.69) is 125 Å². The summed E-state index contributed by atoms with van der Waals surface area (Å²) >= 11 is 0. The minimum atomic E-state index is 0.607. The molecule has 0 saturated heterocycles. The lowest BCUT2D eigenvalue weighted by Crippen LogP contribution is -2.23. The first-order valence-corrected chi connectivity index (χ1v) is 14.6. The number of aromatic nitrogens is 2. The zero-order valence-electron chi connectivity index (χ0n) is 24.2. The topological polar surface area (TPSA) is 46.6 Å². The van der Waals surface area contributed by atoms with Crippen LogP contribution in [-0.4, -0.2) is 34.5 Å². The van der Waals surface area contributed by atoms with Gasteiger partial charge in [0.1, 0.15) is 5.84 Å². The monoisotopic (exact) mass is 547 g/mol. The van der Waals surface area contributed by atoms with Gasteiger partial charge in [-0.05, 0) is 43.2 Å². The van der Waals surface area contributed by atoms with E-state index in [1.807, 2.05) is 25.2 Å². The normalized spacial score (nSPS) is 12.6. The first-order valence-electron chi connectivity index (χ1n) is 14.6. The molecule has 0 unspecified atom stereocenters. The number of aliphatic imine (C=N–C) groups is 2. The molecule has 0 amide bonds. The first kappa shape index (κ1) is 25.8. The van der Waals surface area contributed by atoms with E-state index in [-0.39, 0.29) is 0 Å². The molecule has 206 valence electrons. The molecule has 5 heteroatoms. The van der Waals surface area contributed by atoms with Crippen LogP contribution in [-0.2, 0) is 6.42 Å². The molecule has 2 aromatic heterocycles. The molecule has 5 aromatic carbocycles. The van der Waals surface area contributed by atoms with Gasteiger partial charge < -0.3 is 9.88 Å². The van der Waals surface area contributed by atoms with Crippen molar-refractivity contribution in [3.63, 3.8) is 0 Å². The van der Waals surface area contributed by atoms with Gasteiger partial charge in [-0.2, -0.15) is 4.99 Å². The van der Waals surface area contributed by atoms with Gasteiger partial charge in [0.2, 0.25) is 5.96 Å². The van der Waals surface area contributed by atoms with Crippen molar-refractivity contribution in [3.8, 4) is 5.69 Å². The summed E-state index contributed by atoms with van der Waals surface area (Å²) in [5.74, 6) is 1.43. The number of fused-ring (bicyclic) bond motifs is 7. The van der Waals surface area contributed by atoms with Gasteiger partial charge in [0.15, 0.2) is 0 Å². The van der Waals surface area contributed by atoms with Gasteiger partial charge in [0, 0.05) is 46.4 Å². The minimum Gasteiger partial charge on any atom is -0.373 e. The predicted octanol–water partition coefficient (Wildman–Crippen LogP) is 8.34. The number of hydrogen-bond donors (Lipinski definition) is 1.